The minimum atomic E-state index is 0.708. The van der Waals surface area contributed by atoms with E-state index in [-0.39, 0.29) is 0 Å². The third-order valence-corrected chi connectivity index (χ3v) is 4.38. The fourth-order valence-electron chi connectivity index (χ4n) is 2.31. The summed E-state index contributed by atoms with van der Waals surface area (Å²) in [5.41, 5.74) is 3.33. The fourth-order valence-corrected chi connectivity index (χ4v) is 3.05. The second kappa shape index (κ2) is 5.73. The molecule has 0 radical (unpaired) electrons. The number of nitrogens with zero attached hydrogens (tertiary/aromatic N) is 5. The van der Waals surface area contributed by atoms with Gasteiger partial charge in [-0.15, -0.1) is 10.2 Å². The largest absolute Gasteiger partial charge is 0.264 e. The Bertz CT molecular complexity index is 985. The van der Waals surface area contributed by atoms with Crippen molar-refractivity contribution < 1.29 is 0 Å². The van der Waals surface area contributed by atoms with Crippen LogP contribution < -0.4 is 0 Å². The molecular formula is C17H13N5S. The summed E-state index contributed by atoms with van der Waals surface area (Å²) in [5.74, 6) is 0.708. The van der Waals surface area contributed by atoms with E-state index in [9.17, 15) is 0 Å². The van der Waals surface area contributed by atoms with Crippen molar-refractivity contribution in [2.45, 2.75) is 6.92 Å². The molecule has 0 saturated carbocycles. The molecule has 0 aliphatic carbocycles. The van der Waals surface area contributed by atoms with Gasteiger partial charge in [0.15, 0.2) is 5.82 Å². The third-order valence-electron chi connectivity index (χ3n) is 3.52. The summed E-state index contributed by atoms with van der Waals surface area (Å²) in [7, 11) is 0. The number of aryl methyl sites for hydroxylation is 1. The molecule has 1 aromatic carbocycles. The molecule has 0 aliphatic heterocycles. The predicted octanol–water partition coefficient (Wildman–Crippen LogP) is 3.73. The van der Waals surface area contributed by atoms with E-state index in [1.54, 1.807) is 16.9 Å². The summed E-state index contributed by atoms with van der Waals surface area (Å²) in [6.07, 6.45) is 7.58. The second-order valence-electron chi connectivity index (χ2n) is 5.09. The van der Waals surface area contributed by atoms with E-state index in [1.165, 1.54) is 22.5 Å². The lowest BCUT2D eigenvalue weighted by atomic mass is 10.1. The second-order valence-corrected chi connectivity index (χ2v) is 6.08. The molecule has 112 valence electrons. The van der Waals surface area contributed by atoms with Crippen LogP contribution in [0, 0.1) is 6.92 Å². The molecule has 0 bridgehead atoms. The first-order valence-electron chi connectivity index (χ1n) is 7.17. The van der Waals surface area contributed by atoms with Crippen LogP contribution in [-0.2, 0) is 0 Å². The molecular weight excluding hydrogens is 306 g/mol. The molecule has 0 amide bonds. The van der Waals surface area contributed by atoms with Crippen molar-refractivity contribution in [1.29, 1.82) is 0 Å². The van der Waals surface area contributed by atoms with Crippen LogP contribution in [0.4, 0.5) is 0 Å². The summed E-state index contributed by atoms with van der Waals surface area (Å²) in [5, 5.41) is 13.9. The molecule has 0 unspecified atom stereocenters. The minimum absolute atomic E-state index is 0.708. The van der Waals surface area contributed by atoms with Crippen molar-refractivity contribution in [2.75, 3.05) is 0 Å². The quantitative estimate of drug-likeness (QED) is 0.577. The fraction of sp³-hybridized carbons (Fsp3) is 0.0588. The van der Waals surface area contributed by atoms with Crippen molar-refractivity contribution in [3.05, 3.63) is 64.9 Å². The molecule has 0 N–H and O–H groups in total. The van der Waals surface area contributed by atoms with Gasteiger partial charge in [0, 0.05) is 18.0 Å². The summed E-state index contributed by atoms with van der Waals surface area (Å²) in [6.45, 7) is 2.10. The Morgan fingerprint density at radius 3 is 2.78 bits per heavy atom. The van der Waals surface area contributed by atoms with Crippen LogP contribution in [0.5, 0.6) is 0 Å². The summed E-state index contributed by atoms with van der Waals surface area (Å²) in [6, 6.07) is 12.1. The van der Waals surface area contributed by atoms with Gasteiger partial charge in [-0.05, 0) is 36.3 Å². The Balaban J connectivity index is 1.71. The van der Waals surface area contributed by atoms with E-state index in [0.29, 0.717) is 5.82 Å². The van der Waals surface area contributed by atoms with Gasteiger partial charge in [-0.2, -0.15) is 9.61 Å². The van der Waals surface area contributed by atoms with E-state index in [0.717, 1.165) is 15.5 Å². The highest BCUT2D eigenvalue weighted by molar-refractivity contribution is 7.17. The van der Waals surface area contributed by atoms with Gasteiger partial charge in [0.2, 0.25) is 4.96 Å². The number of aromatic nitrogens is 5. The van der Waals surface area contributed by atoms with Gasteiger partial charge in [0.1, 0.15) is 5.01 Å². The first-order valence-corrected chi connectivity index (χ1v) is 7.99. The van der Waals surface area contributed by atoms with Gasteiger partial charge in [-0.25, -0.2) is 0 Å². The van der Waals surface area contributed by atoms with Crippen molar-refractivity contribution in [3.8, 4) is 11.4 Å². The number of rotatable bonds is 3. The van der Waals surface area contributed by atoms with E-state index in [4.69, 9.17) is 0 Å². The Morgan fingerprint density at radius 2 is 1.96 bits per heavy atom. The average molecular weight is 319 g/mol. The van der Waals surface area contributed by atoms with E-state index in [1.807, 2.05) is 30.3 Å². The van der Waals surface area contributed by atoms with Gasteiger partial charge in [0.05, 0.1) is 0 Å². The lowest BCUT2D eigenvalue weighted by Crippen LogP contribution is -1.91. The summed E-state index contributed by atoms with van der Waals surface area (Å²) < 4.78 is 1.76. The highest BCUT2D eigenvalue weighted by Gasteiger charge is 2.12. The van der Waals surface area contributed by atoms with Crippen LogP contribution in [0.3, 0.4) is 0 Å². The normalized spacial score (nSPS) is 11.5. The number of pyridine rings is 1. The third kappa shape index (κ3) is 2.64. The van der Waals surface area contributed by atoms with Gasteiger partial charge in [-0.1, -0.05) is 41.7 Å². The molecule has 0 atom stereocenters. The van der Waals surface area contributed by atoms with Crippen LogP contribution in [0.25, 0.3) is 28.5 Å². The zero-order valence-electron chi connectivity index (χ0n) is 12.4. The van der Waals surface area contributed by atoms with E-state index >= 15 is 0 Å². The van der Waals surface area contributed by atoms with Crippen LogP contribution in [0.15, 0.2) is 48.8 Å². The molecule has 0 saturated heterocycles. The van der Waals surface area contributed by atoms with Crippen molar-refractivity contribution >= 4 is 28.4 Å². The first kappa shape index (κ1) is 13.8. The van der Waals surface area contributed by atoms with Gasteiger partial charge in [0.25, 0.3) is 0 Å². The zero-order valence-corrected chi connectivity index (χ0v) is 13.2. The highest BCUT2D eigenvalue weighted by atomic mass is 32.1. The molecule has 0 fully saturated rings. The molecule has 6 heteroatoms. The number of fused-ring (bicyclic) bond motifs is 1. The minimum Gasteiger partial charge on any atom is -0.264 e. The number of hydrogen-bond donors (Lipinski definition) is 0. The van der Waals surface area contributed by atoms with Gasteiger partial charge >= 0.3 is 0 Å². The molecule has 3 aromatic heterocycles. The molecule has 23 heavy (non-hydrogen) atoms. The standard InChI is InChI=1S/C17H13N5S/c1-12-5-2-3-6-13(12)8-9-15-21-22-16(19-20-17(22)23-15)14-7-4-10-18-11-14/h2-11H,1H3/b9-8+. The summed E-state index contributed by atoms with van der Waals surface area (Å²) in [4.78, 5) is 4.89. The maximum atomic E-state index is 4.59. The molecule has 4 rings (SSSR count). The van der Waals surface area contributed by atoms with Crippen molar-refractivity contribution in [1.82, 2.24) is 24.8 Å². The molecule has 0 aliphatic rings. The van der Waals surface area contributed by atoms with Gasteiger partial charge < -0.3 is 0 Å². The Kier molecular flexibility index (Phi) is 3.44. The lowest BCUT2D eigenvalue weighted by molar-refractivity contribution is 0.958. The molecule has 0 spiro atoms. The first-order chi connectivity index (χ1) is 11.3. The molecule has 5 nitrogen and oxygen atoms in total. The van der Waals surface area contributed by atoms with Crippen LogP contribution in [-0.4, -0.2) is 24.8 Å². The maximum Gasteiger partial charge on any atom is 0.235 e. The van der Waals surface area contributed by atoms with E-state index < -0.39 is 0 Å². The zero-order chi connectivity index (χ0) is 15.6. The Labute approximate surface area is 137 Å². The number of hydrogen-bond acceptors (Lipinski definition) is 5. The highest BCUT2D eigenvalue weighted by Crippen LogP contribution is 2.22. The molecule has 4 aromatic rings. The van der Waals surface area contributed by atoms with Crippen LogP contribution in [0.1, 0.15) is 16.1 Å². The average Bonchev–Trinajstić information content (AvgIpc) is 3.15. The maximum absolute atomic E-state index is 4.59. The monoisotopic (exact) mass is 319 g/mol. The van der Waals surface area contributed by atoms with Gasteiger partial charge in [-0.3, -0.25) is 4.98 Å². The Hall–Kier alpha value is -2.86. The summed E-state index contributed by atoms with van der Waals surface area (Å²) >= 11 is 1.51. The smallest absolute Gasteiger partial charge is 0.235 e. The lowest BCUT2D eigenvalue weighted by Gasteiger charge is -1.97. The SMILES string of the molecule is Cc1ccccc1/C=C/c1nn2c(-c3cccnc3)nnc2s1. The van der Waals surface area contributed by atoms with Crippen LogP contribution >= 0.6 is 11.3 Å². The predicted molar refractivity (Wildman–Crippen MR) is 92.0 cm³/mol. The van der Waals surface area contributed by atoms with Crippen molar-refractivity contribution in [3.63, 3.8) is 0 Å². The van der Waals surface area contributed by atoms with Crippen LogP contribution in [0.2, 0.25) is 0 Å². The van der Waals surface area contributed by atoms with Crippen molar-refractivity contribution in [2.24, 2.45) is 0 Å². The van der Waals surface area contributed by atoms with E-state index in [2.05, 4.69) is 45.4 Å². The molecule has 3 heterocycles. The Morgan fingerprint density at radius 1 is 1.04 bits per heavy atom. The number of benzene rings is 1. The topological polar surface area (TPSA) is 56.0 Å².